The molecule has 0 aromatic carbocycles. The van der Waals surface area contributed by atoms with E-state index in [0.717, 1.165) is 12.8 Å². The van der Waals surface area contributed by atoms with Crippen molar-refractivity contribution in [3.8, 4) is 0 Å². The topological polar surface area (TPSA) is 114 Å². The largest absolute Gasteiger partial charge is 0.396 e. The van der Waals surface area contributed by atoms with Crippen LogP contribution in [-0.2, 0) is 0 Å². The summed E-state index contributed by atoms with van der Waals surface area (Å²) in [6.07, 6.45) is 1.57. The highest BCUT2D eigenvalue weighted by Gasteiger charge is 2.18. The average molecular weight is 268 g/mol. The lowest BCUT2D eigenvalue weighted by molar-refractivity contribution is -0.384. The molecule has 0 spiro atoms. The Morgan fingerprint density at radius 1 is 1.53 bits per heavy atom. The van der Waals surface area contributed by atoms with Crippen LogP contribution in [0, 0.1) is 15.5 Å². The van der Waals surface area contributed by atoms with Crippen molar-refractivity contribution >= 4 is 17.3 Å². The normalized spacial score (nSPS) is 11.3. The molecule has 0 unspecified atom stereocenters. The van der Waals surface area contributed by atoms with Crippen LogP contribution in [-0.4, -0.2) is 28.2 Å². The lowest BCUT2D eigenvalue weighted by Gasteiger charge is -2.24. The number of hydrogen-bond acceptors (Lipinski definition) is 6. The number of rotatable bonds is 7. The molecule has 19 heavy (non-hydrogen) atoms. The van der Waals surface area contributed by atoms with Gasteiger partial charge in [0.25, 0.3) is 5.69 Å². The number of aliphatic hydroxyl groups is 1. The van der Waals surface area contributed by atoms with E-state index in [1.165, 1.54) is 12.1 Å². The lowest BCUT2D eigenvalue weighted by atomic mass is 9.88. The molecule has 0 aliphatic heterocycles. The number of nitrogens with one attached hydrogen (secondary N) is 1. The molecular weight excluding hydrogens is 248 g/mol. The second kappa shape index (κ2) is 6.33. The summed E-state index contributed by atoms with van der Waals surface area (Å²) in [4.78, 5) is 14.2. The molecule has 0 aliphatic carbocycles. The van der Waals surface area contributed by atoms with Crippen molar-refractivity contribution in [2.24, 2.45) is 5.41 Å². The predicted molar refractivity (Wildman–Crippen MR) is 73.9 cm³/mol. The van der Waals surface area contributed by atoms with E-state index in [4.69, 9.17) is 10.8 Å². The Kier molecular flexibility index (Phi) is 5.05. The highest BCUT2D eigenvalue weighted by Crippen LogP contribution is 2.24. The molecule has 7 heteroatoms. The van der Waals surface area contributed by atoms with Gasteiger partial charge in [-0.2, -0.15) is 0 Å². The fraction of sp³-hybridized carbons (Fsp3) is 0.583. The first kappa shape index (κ1) is 15.2. The van der Waals surface area contributed by atoms with E-state index in [1.807, 2.05) is 0 Å². The SMILES string of the molecule is CC(C)(CCCO)CNc1cc([N+](=O)[O-])cc(N)n1. The number of hydrogen-bond donors (Lipinski definition) is 3. The number of aromatic nitrogens is 1. The Hall–Kier alpha value is -1.89. The van der Waals surface area contributed by atoms with Crippen molar-refractivity contribution < 1.29 is 10.0 Å². The van der Waals surface area contributed by atoms with Crippen LogP contribution in [0.4, 0.5) is 17.3 Å². The molecule has 0 fully saturated rings. The van der Waals surface area contributed by atoms with E-state index in [9.17, 15) is 10.1 Å². The zero-order valence-electron chi connectivity index (χ0n) is 11.2. The van der Waals surface area contributed by atoms with Crippen LogP contribution < -0.4 is 11.1 Å². The maximum atomic E-state index is 10.7. The number of anilines is 2. The molecule has 1 heterocycles. The van der Waals surface area contributed by atoms with E-state index in [1.54, 1.807) is 0 Å². The zero-order valence-corrected chi connectivity index (χ0v) is 11.2. The second-order valence-electron chi connectivity index (χ2n) is 5.24. The Morgan fingerprint density at radius 2 is 2.21 bits per heavy atom. The van der Waals surface area contributed by atoms with Gasteiger partial charge < -0.3 is 16.2 Å². The third-order valence-electron chi connectivity index (χ3n) is 2.80. The second-order valence-corrected chi connectivity index (χ2v) is 5.24. The minimum atomic E-state index is -0.500. The molecule has 1 aromatic heterocycles. The summed E-state index contributed by atoms with van der Waals surface area (Å²) < 4.78 is 0. The van der Waals surface area contributed by atoms with Crippen molar-refractivity contribution in [3.63, 3.8) is 0 Å². The van der Waals surface area contributed by atoms with Crippen molar-refractivity contribution in [3.05, 3.63) is 22.2 Å². The van der Waals surface area contributed by atoms with Crippen molar-refractivity contribution in [1.82, 2.24) is 4.98 Å². The third kappa shape index (κ3) is 5.09. The molecule has 1 rings (SSSR count). The third-order valence-corrected chi connectivity index (χ3v) is 2.80. The number of nitro groups is 1. The first-order chi connectivity index (χ1) is 8.84. The van der Waals surface area contributed by atoms with Crippen LogP contribution in [0.3, 0.4) is 0 Å². The molecule has 106 valence electrons. The van der Waals surface area contributed by atoms with Gasteiger partial charge in [-0.1, -0.05) is 13.8 Å². The first-order valence-electron chi connectivity index (χ1n) is 6.11. The molecule has 0 aliphatic rings. The van der Waals surface area contributed by atoms with E-state index in [-0.39, 0.29) is 23.5 Å². The van der Waals surface area contributed by atoms with Gasteiger partial charge in [0.15, 0.2) is 0 Å². The van der Waals surface area contributed by atoms with Crippen molar-refractivity contribution in [2.75, 3.05) is 24.2 Å². The highest BCUT2D eigenvalue weighted by atomic mass is 16.6. The van der Waals surface area contributed by atoms with Gasteiger partial charge in [-0.15, -0.1) is 0 Å². The van der Waals surface area contributed by atoms with Crippen LogP contribution in [0.1, 0.15) is 26.7 Å². The molecule has 7 nitrogen and oxygen atoms in total. The summed E-state index contributed by atoms with van der Waals surface area (Å²) in [6.45, 7) is 4.86. The van der Waals surface area contributed by atoms with E-state index >= 15 is 0 Å². The maximum Gasteiger partial charge on any atom is 0.276 e. The number of aliphatic hydroxyl groups excluding tert-OH is 1. The summed E-state index contributed by atoms with van der Waals surface area (Å²) in [5, 5.41) is 22.6. The van der Waals surface area contributed by atoms with E-state index in [0.29, 0.717) is 12.4 Å². The molecule has 0 radical (unpaired) electrons. The van der Waals surface area contributed by atoms with Gasteiger partial charge in [-0.25, -0.2) is 4.98 Å². The highest BCUT2D eigenvalue weighted by molar-refractivity contribution is 5.52. The van der Waals surface area contributed by atoms with Gasteiger partial charge >= 0.3 is 0 Å². The molecular formula is C12H20N4O3. The Bertz CT molecular complexity index is 449. The Morgan fingerprint density at radius 3 is 2.79 bits per heavy atom. The van der Waals surface area contributed by atoms with Crippen LogP contribution >= 0.6 is 0 Å². The summed E-state index contributed by atoms with van der Waals surface area (Å²) in [7, 11) is 0. The van der Waals surface area contributed by atoms with Gasteiger partial charge in [-0.05, 0) is 18.3 Å². The summed E-state index contributed by atoms with van der Waals surface area (Å²) in [6, 6.07) is 2.58. The fourth-order valence-electron chi connectivity index (χ4n) is 1.71. The molecule has 1 aromatic rings. The van der Waals surface area contributed by atoms with Gasteiger partial charge in [0.05, 0.1) is 17.1 Å². The van der Waals surface area contributed by atoms with E-state index in [2.05, 4.69) is 24.1 Å². The molecule has 4 N–H and O–H groups in total. The van der Waals surface area contributed by atoms with Gasteiger partial charge in [0, 0.05) is 13.2 Å². The van der Waals surface area contributed by atoms with E-state index < -0.39 is 4.92 Å². The summed E-state index contributed by atoms with van der Waals surface area (Å²) in [5.74, 6) is 0.508. The monoisotopic (exact) mass is 268 g/mol. The zero-order chi connectivity index (χ0) is 14.5. The minimum absolute atomic E-state index is 0.0379. The number of pyridine rings is 1. The van der Waals surface area contributed by atoms with Crippen LogP contribution in [0.25, 0.3) is 0 Å². The predicted octanol–water partition coefficient (Wildman–Crippen LogP) is 1.78. The van der Waals surface area contributed by atoms with Crippen LogP contribution in [0.2, 0.25) is 0 Å². The molecule has 0 saturated carbocycles. The Balaban J connectivity index is 2.69. The molecule has 0 amide bonds. The van der Waals surface area contributed by atoms with Crippen LogP contribution in [0.15, 0.2) is 12.1 Å². The van der Waals surface area contributed by atoms with Crippen molar-refractivity contribution in [1.29, 1.82) is 0 Å². The minimum Gasteiger partial charge on any atom is -0.396 e. The quantitative estimate of drug-likeness (QED) is 0.513. The van der Waals surface area contributed by atoms with Crippen molar-refractivity contribution in [2.45, 2.75) is 26.7 Å². The molecule has 0 saturated heterocycles. The summed E-state index contributed by atoms with van der Waals surface area (Å²) >= 11 is 0. The standard InChI is InChI=1S/C12H20N4O3/c1-12(2,4-3-5-17)8-14-11-7-9(16(18)19)6-10(13)15-11/h6-7,17H,3-5,8H2,1-2H3,(H3,13,14,15). The first-order valence-corrected chi connectivity index (χ1v) is 6.11. The number of nitrogens with zero attached hydrogens (tertiary/aromatic N) is 2. The maximum absolute atomic E-state index is 10.7. The number of nitrogens with two attached hydrogens (primary N) is 1. The smallest absolute Gasteiger partial charge is 0.276 e. The van der Waals surface area contributed by atoms with Crippen LogP contribution in [0.5, 0.6) is 0 Å². The summed E-state index contributed by atoms with van der Waals surface area (Å²) in [5.41, 5.74) is 5.41. The molecule has 0 atom stereocenters. The number of nitrogen functional groups attached to an aromatic ring is 1. The fourth-order valence-corrected chi connectivity index (χ4v) is 1.71. The van der Waals surface area contributed by atoms with Gasteiger partial charge in [0.1, 0.15) is 11.6 Å². The van der Waals surface area contributed by atoms with Gasteiger partial charge in [-0.3, -0.25) is 10.1 Å². The Labute approximate surface area is 112 Å². The average Bonchev–Trinajstić information content (AvgIpc) is 2.33. The van der Waals surface area contributed by atoms with Gasteiger partial charge in [0.2, 0.25) is 0 Å². The lowest BCUT2D eigenvalue weighted by Crippen LogP contribution is -2.24. The molecule has 0 bridgehead atoms.